The molecule has 0 amide bonds. The quantitative estimate of drug-likeness (QED) is 0.651. The molecule has 2 heteroatoms. The van der Waals surface area contributed by atoms with E-state index < -0.39 is 0 Å². The van der Waals surface area contributed by atoms with Gasteiger partial charge in [0.1, 0.15) is 12.4 Å². The molecule has 0 N–H and O–H groups in total. The summed E-state index contributed by atoms with van der Waals surface area (Å²) in [4.78, 5) is 0. The molecule has 0 aliphatic carbocycles. The van der Waals surface area contributed by atoms with Crippen LogP contribution in [-0.2, 0) is 32.7 Å². The van der Waals surface area contributed by atoms with Crippen molar-refractivity contribution in [1.82, 2.24) is 0 Å². The first kappa shape index (κ1) is 8.96. The Morgan fingerprint density at radius 2 is 2.00 bits per heavy atom. The van der Waals surface area contributed by atoms with E-state index in [9.17, 15) is 0 Å². The molecule has 0 saturated heterocycles. The van der Waals surface area contributed by atoms with E-state index in [1.54, 1.807) is 0 Å². The van der Waals surface area contributed by atoms with Crippen molar-refractivity contribution >= 4 is 6.08 Å². The Morgan fingerprint density at radius 3 is 2.82 bits per heavy atom. The SMILES string of the molecule is C1=Cc2ccccc2OC1.[Y]. The molecule has 1 aromatic carbocycles. The fourth-order valence-corrected chi connectivity index (χ4v) is 1.06. The van der Waals surface area contributed by atoms with Gasteiger partial charge in [-0.15, -0.1) is 0 Å². The predicted molar refractivity (Wildman–Crippen MR) is 41.0 cm³/mol. The number of para-hydroxylation sites is 1. The maximum Gasteiger partial charge on any atom is 0.126 e. The summed E-state index contributed by atoms with van der Waals surface area (Å²) in [5.41, 5.74) is 1.17. The van der Waals surface area contributed by atoms with Gasteiger partial charge in [-0.05, 0) is 12.1 Å². The zero-order valence-corrected chi connectivity index (χ0v) is 9.00. The van der Waals surface area contributed by atoms with E-state index in [1.165, 1.54) is 5.56 Å². The van der Waals surface area contributed by atoms with Crippen molar-refractivity contribution in [2.24, 2.45) is 0 Å². The summed E-state index contributed by atoms with van der Waals surface area (Å²) in [6.07, 6.45) is 4.10. The molecule has 0 fully saturated rings. The van der Waals surface area contributed by atoms with Crippen molar-refractivity contribution in [3.63, 3.8) is 0 Å². The molecule has 0 aromatic heterocycles. The van der Waals surface area contributed by atoms with Crippen LogP contribution in [-0.4, -0.2) is 6.61 Å². The molecule has 0 atom stereocenters. The van der Waals surface area contributed by atoms with E-state index in [2.05, 4.69) is 6.08 Å². The molecular weight excluding hydrogens is 213 g/mol. The minimum absolute atomic E-state index is 0. The van der Waals surface area contributed by atoms with E-state index in [0.717, 1.165) is 5.75 Å². The summed E-state index contributed by atoms with van der Waals surface area (Å²) in [6, 6.07) is 8.03. The van der Waals surface area contributed by atoms with Gasteiger partial charge < -0.3 is 4.74 Å². The van der Waals surface area contributed by atoms with Gasteiger partial charge in [0.25, 0.3) is 0 Å². The van der Waals surface area contributed by atoms with Crippen molar-refractivity contribution < 1.29 is 37.4 Å². The van der Waals surface area contributed by atoms with Gasteiger partial charge >= 0.3 is 0 Å². The number of fused-ring (bicyclic) bond motifs is 1. The van der Waals surface area contributed by atoms with E-state index in [0.29, 0.717) is 6.61 Å². The summed E-state index contributed by atoms with van der Waals surface area (Å²) in [7, 11) is 0. The van der Waals surface area contributed by atoms with Crippen LogP contribution in [0.2, 0.25) is 0 Å². The number of rotatable bonds is 0. The third kappa shape index (κ3) is 1.91. The van der Waals surface area contributed by atoms with Crippen LogP contribution in [0.4, 0.5) is 0 Å². The van der Waals surface area contributed by atoms with Gasteiger partial charge in [0.2, 0.25) is 0 Å². The van der Waals surface area contributed by atoms with Crippen molar-refractivity contribution in [3.05, 3.63) is 35.9 Å². The maximum atomic E-state index is 5.34. The van der Waals surface area contributed by atoms with Crippen LogP contribution >= 0.6 is 0 Å². The minimum atomic E-state index is 0. The van der Waals surface area contributed by atoms with Crippen LogP contribution < -0.4 is 4.74 Å². The topological polar surface area (TPSA) is 9.23 Å². The molecule has 1 aliphatic heterocycles. The smallest absolute Gasteiger partial charge is 0.126 e. The fraction of sp³-hybridized carbons (Fsp3) is 0.111. The first-order chi connectivity index (χ1) is 4.97. The Kier molecular flexibility index (Phi) is 3.28. The minimum Gasteiger partial charge on any atom is -0.489 e. The summed E-state index contributed by atoms with van der Waals surface area (Å²) in [5, 5.41) is 0. The van der Waals surface area contributed by atoms with Gasteiger partial charge in [-0.3, -0.25) is 0 Å². The Balaban J connectivity index is 0.000000605. The normalized spacial score (nSPS) is 12.7. The standard InChI is InChI=1S/C9H8O.Y/c1-2-6-9-8(4-1)5-3-7-10-9;/h1-6H,7H2;. The van der Waals surface area contributed by atoms with E-state index in [-0.39, 0.29) is 32.7 Å². The third-order valence-corrected chi connectivity index (χ3v) is 1.55. The molecule has 1 radical (unpaired) electrons. The van der Waals surface area contributed by atoms with Crippen molar-refractivity contribution in [2.75, 3.05) is 6.61 Å². The molecular formula is C9H8OY. The van der Waals surface area contributed by atoms with E-state index >= 15 is 0 Å². The van der Waals surface area contributed by atoms with Gasteiger partial charge in [-0.2, -0.15) is 0 Å². The van der Waals surface area contributed by atoms with Crippen LogP contribution in [0.15, 0.2) is 30.3 Å². The van der Waals surface area contributed by atoms with Gasteiger partial charge in [-0.25, -0.2) is 0 Å². The molecule has 53 valence electrons. The first-order valence-electron chi connectivity index (χ1n) is 3.35. The Bertz CT molecular complexity index is 268. The second-order valence-electron chi connectivity index (χ2n) is 2.25. The molecule has 0 unspecified atom stereocenters. The Morgan fingerprint density at radius 1 is 1.18 bits per heavy atom. The Labute approximate surface area is 91.3 Å². The predicted octanol–water partition coefficient (Wildman–Crippen LogP) is 2.09. The molecule has 1 aliphatic rings. The largest absolute Gasteiger partial charge is 0.489 e. The summed E-state index contributed by atoms with van der Waals surface area (Å²) in [5.74, 6) is 0.991. The average Bonchev–Trinajstić information content (AvgIpc) is 2.05. The fourth-order valence-electron chi connectivity index (χ4n) is 1.06. The Hall–Kier alpha value is -0.136. The van der Waals surface area contributed by atoms with Gasteiger partial charge in [-0.1, -0.05) is 24.3 Å². The van der Waals surface area contributed by atoms with Gasteiger partial charge in [0.15, 0.2) is 0 Å². The van der Waals surface area contributed by atoms with Crippen LogP contribution in [0.5, 0.6) is 5.75 Å². The van der Waals surface area contributed by atoms with Gasteiger partial charge in [0.05, 0.1) is 0 Å². The molecule has 1 heterocycles. The van der Waals surface area contributed by atoms with Crippen LogP contribution in [0.25, 0.3) is 6.08 Å². The van der Waals surface area contributed by atoms with Crippen LogP contribution in [0.3, 0.4) is 0 Å². The van der Waals surface area contributed by atoms with Crippen molar-refractivity contribution in [3.8, 4) is 5.75 Å². The van der Waals surface area contributed by atoms with Crippen LogP contribution in [0.1, 0.15) is 5.56 Å². The number of hydrogen-bond donors (Lipinski definition) is 0. The molecule has 0 spiro atoms. The summed E-state index contributed by atoms with van der Waals surface area (Å²) >= 11 is 0. The van der Waals surface area contributed by atoms with Crippen molar-refractivity contribution in [1.29, 1.82) is 0 Å². The monoisotopic (exact) mass is 221 g/mol. The van der Waals surface area contributed by atoms with E-state index in [4.69, 9.17) is 4.74 Å². The summed E-state index contributed by atoms with van der Waals surface area (Å²) < 4.78 is 5.34. The molecule has 0 saturated carbocycles. The second kappa shape index (κ2) is 4.03. The molecule has 1 aromatic rings. The first-order valence-corrected chi connectivity index (χ1v) is 3.35. The molecule has 11 heavy (non-hydrogen) atoms. The van der Waals surface area contributed by atoms with Crippen molar-refractivity contribution in [2.45, 2.75) is 0 Å². The molecule has 1 nitrogen and oxygen atoms in total. The number of benzene rings is 1. The number of ether oxygens (including phenoxy) is 1. The zero-order valence-electron chi connectivity index (χ0n) is 6.16. The molecule has 2 rings (SSSR count). The molecule has 0 bridgehead atoms. The van der Waals surface area contributed by atoms with Gasteiger partial charge in [0, 0.05) is 38.3 Å². The number of hydrogen-bond acceptors (Lipinski definition) is 1. The third-order valence-electron chi connectivity index (χ3n) is 1.55. The zero-order chi connectivity index (χ0) is 6.81. The second-order valence-corrected chi connectivity index (χ2v) is 2.25. The van der Waals surface area contributed by atoms with Crippen LogP contribution in [0, 0.1) is 0 Å². The van der Waals surface area contributed by atoms with E-state index in [1.807, 2.05) is 30.3 Å². The average molecular weight is 221 g/mol. The maximum absolute atomic E-state index is 5.34. The summed E-state index contributed by atoms with van der Waals surface area (Å²) in [6.45, 7) is 0.705.